The van der Waals surface area contributed by atoms with Gasteiger partial charge in [-0.2, -0.15) is 0 Å². The molecule has 0 bridgehead atoms. The van der Waals surface area contributed by atoms with E-state index < -0.39 is 34.9 Å². The van der Waals surface area contributed by atoms with E-state index in [0.29, 0.717) is 5.69 Å². The van der Waals surface area contributed by atoms with Crippen LogP contribution in [-0.4, -0.2) is 41.2 Å². The SMILES string of the molecule is CCOc1ccc(F)c(F)c1CNc1cc(C2C(O)CSC2O)c(F)cc1OC. The van der Waals surface area contributed by atoms with Crippen molar-refractivity contribution in [3.8, 4) is 11.5 Å². The number of aliphatic hydroxyl groups excluding tert-OH is 2. The summed E-state index contributed by atoms with van der Waals surface area (Å²) >= 11 is 1.13. The predicted molar refractivity (Wildman–Crippen MR) is 105 cm³/mol. The second-order valence-electron chi connectivity index (χ2n) is 6.52. The molecule has 0 aliphatic carbocycles. The molecule has 1 fully saturated rings. The van der Waals surface area contributed by atoms with Gasteiger partial charge in [-0.15, -0.1) is 11.8 Å². The number of ether oxygens (including phenoxy) is 2. The number of benzene rings is 2. The molecule has 1 saturated heterocycles. The Kier molecular flexibility index (Phi) is 6.81. The van der Waals surface area contributed by atoms with Gasteiger partial charge in [-0.1, -0.05) is 0 Å². The summed E-state index contributed by atoms with van der Waals surface area (Å²) in [6.07, 6.45) is -0.907. The van der Waals surface area contributed by atoms with Crippen molar-refractivity contribution >= 4 is 17.4 Å². The zero-order chi connectivity index (χ0) is 21.1. The molecule has 2 aromatic rings. The second kappa shape index (κ2) is 9.15. The fraction of sp³-hybridized carbons (Fsp3) is 0.400. The Labute approximate surface area is 170 Å². The summed E-state index contributed by atoms with van der Waals surface area (Å²) in [6.45, 7) is 1.85. The number of nitrogens with one attached hydrogen (secondary N) is 1. The summed E-state index contributed by atoms with van der Waals surface area (Å²) in [5, 5.41) is 23.1. The lowest BCUT2D eigenvalue weighted by Crippen LogP contribution is -2.22. The summed E-state index contributed by atoms with van der Waals surface area (Å²) in [7, 11) is 1.35. The summed E-state index contributed by atoms with van der Waals surface area (Å²) in [4.78, 5) is 0. The van der Waals surface area contributed by atoms with E-state index in [0.717, 1.165) is 23.9 Å². The summed E-state index contributed by atoms with van der Waals surface area (Å²) < 4.78 is 53.1. The minimum atomic E-state index is -1.04. The molecule has 1 aliphatic rings. The average Bonchev–Trinajstić information content (AvgIpc) is 3.03. The molecule has 0 radical (unpaired) electrons. The number of thioether (sulfide) groups is 1. The number of halogens is 3. The number of aliphatic hydroxyl groups is 2. The normalized spacial score (nSPS) is 21.3. The van der Waals surface area contributed by atoms with Gasteiger partial charge in [0.05, 0.1) is 31.1 Å². The number of anilines is 1. The van der Waals surface area contributed by atoms with E-state index in [1.54, 1.807) is 6.92 Å². The topological polar surface area (TPSA) is 71.0 Å². The van der Waals surface area contributed by atoms with E-state index in [4.69, 9.17) is 9.47 Å². The fourth-order valence-electron chi connectivity index (χ4n) is 3.30. The maximum Gasteiger partial charge on any atom is 0.167 e. The Bertz CT molecular complexity index is 873. The first kappa shape index (κ1) is 21.6. The standard InChI is InChI=1S/C20H22F3NO4S/c1-3-28-16-5-4-12(21)19(23)11(16)8-24-14-6-10(13(22)7-17(14)27-2)18-15(25)9-29-20(18)26/h4-7,15,18,20,24-26H,3,8-9H2,1-2H3. The molecule has 1 heterocycles. The van der Waals surface area contributed by atoms with Crippen LogP contribution >= 0.6 is 11.8 Å². The van der Waals surface area contributed by atoms with E-state index in [2.05, 4.69) is 5.32 Å². The van der Waals surface area contributed by atoms with Crippen LogP contribution in [0.4, 0.5) is 18.9 Å². The van der Waals surface area contributed by atoms with Crippen LogP contribution in [0.1, 0.15) is 24.0 Å². The van der Waals surface area contributed by atoms with Crippen molar-refractivity contribution in [1.29, 1.82) is 0 Å². The van der Waals surface area contributed by atoms with Gasteiger partial charge >= 0.3 is 0 Å². The minimum absolute atomic E-state index is 0.0173. The van der Waals surface area contributed by atoms with Crippen molar-refractivity contribution in [3.63, 3.8) is 0 Å². The molecular weight excluding hydrogens is 407 g/mol. The monoisotopic (exact) mass is 429 g/mol. The molecular formula is C20H22F3NO4S. The number of hydrogen-bond donors (Lipinski definition) is 3. The van der Waals surface area contributed by atoms with Crippen molar-refractivity contribution in [1.82, 2.24) is 0 Å². The molecule has 1 aliphatic heterocycles. The van der Waals surface area contributed by atoms with Gasteiger partial charge in [0.1, 0.15) is 22.8 Å². The minimum Gasteiger partial charge on any atom is -0.494 e. The zero-order valence-corrected chi connectivity index (χ0v) is 16.7. The van der Waals surface area contributed by atoms with Crippen molar-refractivity contribution in [3.05, 3.63) is 52.8 Å². The van der Waals surface area contributed by atoms with Gasteiger partial charge in [0, 0.05) is 24.3 Å². The highest BCUT2D eigenvalue weighted by Gasteiger charge is 2.37. The van der Waals surface area contributed by atoms with Gasteiger partial charge in [-0.3, -0.25) is 0 Å². The van der Waals surface area contributed by atoms with Crippen LogP contribution in [-0.2, 0) is 6.54 Å². The highest BCUT2D eigenvalue weighted by molar-refractivity contribution is 8.00. The van der Waals surface area contributed by atoms with Crippen LogP contribution in [0.25, 0.3) is 0 Å². The van der Waals surface area contributed by atoms with Crippen molar-refractivity contribution in [2.45, 2.75) is 30.9 Å². The third-order valence-electron chi connectivity index (χ3n) is 4.75. The highest BCUT2D eigenvalue weighted by atomic mass is 32.2. The highest BCUT2D eigenvalue weighted by Crippen LogP contribution is 2.42. The third kappa shape index (κ3) is 4.41. The van der Waals surface area contributed by atoms with E-state index in [1.165, 1.54) is 19.2 Å². The largest absolute Gasteiger partial charge is 0.494 e. The van der Waals surface area contributed by atoms with Crippen molar-refractivity contribution in [2.75, 3.05) is 24.8 Å². The smallest absolute Gasteiger partial charge is 0.167 e. The zero-order valence-electron chi connectivity index (χ0n) is 15.9. The molecule has 3 rings (SSSR count). The van der Waals surface area contributed by atoms with Crippen LogP contribution in [0.2, 0.25) is 0 Å². The maximum atomic E-state index is 14.6. The molecule has 158 valence electrons. The van der Waals surface area contributed by atoms with Crippen LogP contribution in [0.5, 0.6) is 11.5 Å². The third-order valence-corrected chi connectivity index (χ3v) is 5.91. The predicted octanol–water partition coefficient (Wildman–Crippen LogP) is 3.63. The van der Waals surface area contributed by atoms with Crippen LogP contribution in [0.15, 0.2) is 24.3 Å². The van der Waals surface area contributed by atoms with Gasteiger partial charge < -0.3 is 25.0 Å². The molecule has 5 nitrogen and oxygen atoms in total. The Hall–Kier alpha value is -2.10. The Morgan fingerprint density at radius 2 is 1.90 bits per heavy atom. The van der Waals surface area contributed by atoms with Crippen LogP contribution in [0, 0.1) is 17.5 Å². The Balaban J connectivity index is 1.94. The van der Waals surface area contributed by atoms with Gasteiger partial charge in [0.2, 0.25) is 0 Å². The van der Waals surface area contributed by atoms with Crippen LogP contribution in [0.3, 0.4) is 0 Å². The molecule has 3 N–H and O–H groups in total. The lowest BCUT2D eigenvalue weighted by atomic mass is 9.93. The molecule has 0 spiro atoms. The maximum absolute atomic E-state index is 14.6. The first-order valence-corrected chi connectivity index (χ1v) is 10.1. The van der Waals surface area contributed by atoms with E-state index in [1.807, 2.05) is 0 Å². The molecule has 9 heteroatoms. The number of methoxy groups -OCH3 is 1. The van der Waals surface area contributed by atoms with Crippen molar-refractivity contribution in [2.24, 2.45) is 0 Å². The number of hydrogen-bond acceptors (Lipinski definition) is 6. The molecule has 3 atom stereocenters. The van der Waals surface area contributed by atoms with Crippen LogP contribution < -0.4 is 14.8 Å². The summed E-state index contributed by atoms with van der Waals surface area (Å²) in [5.41, 5.74) is -0.545. The quantitative estimate of drug-likeness (QED) is 0.625. The average molecular weight is 429 g/mol. The van der Waals surface area contributed by atoms with E-state index >= 15 is 0 Å². The molecule has 29 heavy (non-hydrogen) atoms. The lowest BCUT2D eigenvalue weighted by molar-refractivity contribution is 0.122. The van der Waals surface area contributed by atoms with Gasteiger partial charge in [0.25, 0.3) is 0 Å². The first-order valence-electron chi connectivity index (χ1n) is 9.06. The molecule has 0 aromatic heterocycles. The van der Waals surface area contributed by atoms with Gasteiger partial charge in [0.15, 0.2) is 11.6 Å². The van der Waals surface area contributed by atoms with Crippen molar-refractivity contribution < 1.29 is 32.9 Å². The van der Waals surface area contributed by atoms with Gasteiger partial charge in [-0.25, -0.2) is 13.2 Å². The summed E-state index contributed by atoms with van der Waals surface area (Å²) in [6, 6.07) is 4.87. The lowest BCUT2D eigenvalue weighted by Gasteiger charge is -2.21. The fourth-order valence-corrected chi connectivity index (χ4v) is 4.44. The molecule has 0 saturated carbocycles. The molecule has 0 amide bonds. The Morgan fingerprint density at radius 3 is 2.52 bits per heavy atom. The van der Waals surface area contributed by atoms with Gasteiger partial charge in [-0.05, 0) is 30.7 Å². The van der Waals surface area contributed by atoms with E-state index in [-0.39, 0.29) is 41.5 Å². The Morgan fingerprint density at radius 1 is 1.14 bits per heavy atom. The molecule has 2 aromatic carbocycles. The summed E-state index contributed by atoms with van der Waals surface area (Å²) in [5.74, 6) is -2.86. The first-order chi connectivity index (χ1) is 13.9. The number of rotatable bonds is 7. The van der Waals surface area contributed by atoms with E-state index in [9.17, 15) is 23.4 Å². The second-order valence-corrected chi connectivity index (χ2v) is 7.67. The molecule has 3 unspecified atom stereocenters.